The average Bonchev–Trinajstić information content (AvgIpc) is 2.80. The molecule has 1 heterocycles. The molecule has 2 aromatic carbocycles. The van der Waals surface area contributed by atoms with Gasteiger partial charge in [0.2, 0.25) is 0 Å². The Morgan fingerprint density at radius 3 is 2.31 bits per heavy atom. The van der Waals surface area contributed by atoms with Crippen molar-refractivity contribution in [3.05, 3.63) is 42.0 Å². The molecule has 0 amide bonds. The largest absolute Gasteiger partial charge is 0.490 e. The lowest BCUT2D eigenvalue weighted by Crippen LogP contribution is -2.44. The summed E-state index contributed by atoms with van der Waals surface area (Å²) in [5.74, 6) is 0.949. The van der Waals surface area contributed by atoms with Crippen LogP contribution in [0.5, 0.6) is 5.75 Å². The molecule has 32 heavy (non-hydrogen) atoms. The van der Waals surface area contributed by atoms with Crippen molar-refractivity contribution in [2.24, 2.45) is 10.8 Å². The smallest absolute Gasteiger partial charge is 0.311 e. The minimum absolute atomic E-state index is 0.0414. The van der Waals surface area contributed by atoms with Gasteiger partial charge in [0.25, 0.3) is 0 Å². The Labute approximate surface area is 193 Å². The van der Waals surface area contributed by atoms with E-state index in [2.05, 4.69) is 62.1 Å². The summed E-state index contributed by atoms with van der Waals surface area (Å²) < 4.78 is 11.4. The summed E-state index contributed by atoms with van der Waals surface area (Å²) in [5, 5.41) is 2.49. The molecule has 2 fully saturated rings. The molecule has 4 rings (SSSR count). The van der Waals surface area contributed by atoms with Crippen molar-refractivity contribution in [1.29, 1.82) is 0 Å². The van der Waals surface area contributed by atoms with Gasteiger partial charge in [-0.05, 0) is 98.0 Å². The fraction of sp³-hybridized carbons (Fsp3) is 0.607. The number of ether oxygens (including phenoxy) is 2. The summed E-state index contributed by atoms with van der Waals surface area (Å²) in [5.41, 5.74) is 1.49. The standard InChI is InChI=1S/C28H39NO3/c1-5-28(26(30)31-4)14-16-29(17-15-28)20-21-6-7-23-19-25(9-8-22(23)18-21)32-24-10-12-27(2,3)13-11-24/h6-9,18-19,24H,5,10-17,20H2,1-4H3. The highest BCUT2D eigenvalue weighted by molar-refractivity contribution is 5.84. The van der Waals surface area contributed by atoms with Crippen molar-refractivity contribution in [2.45, 2.75) is 78.4 Å². The van der Waals surface area contributed by atoms with Crippen LogP contribution in [0.15, 0.2) is 36.4 Å². The minimum Gasteiger partial charge on any atom is -0.490 e. The van der Waals surface area contributed by atoms with E-state index in [1.807, 2.05) is 0 Å². The van der Waals surface area contributed by atoms with Crippen LogP contribution in [0.1, 0.15) is 71.3 Å². The Morgan fingerprint density at radius 2 is 1.66 bits per heavy atom. The molecular formula is C28H39NO3. The quantitative estimate of drug-likeness (QED) is 0.493. The Morgan fingerprint density at radius 1 is 1.00 bits per heavy atom. The summed E-state index contributed by atoms with van der Waals surface area (Å²) in [6.45, 7) is 9.62. The summed E-state index contributed by atoms with van der Waals surface area (Å²) in [6.07, 6.45) is 7.73. The second-order valence-corrected chi connectivity index (χ2v) is 10.7. The van der Waals surface area contributed by atoms with Gasteiger partial charge in [-0.1, -0.05) is 39.0 Å². The lowest BCUT2D eigenvalue weighted by atomic mass is 9.76. The van der Waals surface area contributed by atoms with Crippen molar-refractivity contribution in [3.8, 4) is 5.75 Å². The summed E-state index contributed by atoms with van der Waals surface area (Å²) in [6, 6.07) is 13.2. The van der Waals surface area contributed by atoms with E-state index in [0.717, 1.165) is 57.5 Å². The number of rotatable bonds is 6. The number of piperidine rings is 1. The highest BCUT2D eigenvalue weighted by Crippen LogP contribution is 2.38. The van der Waals surface area contributed by atoms with Crippen molar-refractivity contribution in [2.75, 3.05) is 20.2 Å². The van der Waals surface area contributed by atoms with Gasteiger partial charge in [-0.3, -0.25) is 9.69 Å². The number of carbonyl (C=O) groups is 1. The van der Waals surface area contributed by atoms with Crippen LogP contribution in [0.3, 0.4) is 0 Å². The molecule has 1 aliphatic heterocycles. The fourth-order valence-corrected chi connectivity index (χ4v) is 5.44. The molecule has 0 radical (unpaired) electrons. The second kappa shape index (κ2) is 9.43. The van der Waals surface area contributed by atoms with Gasteiger partial charge in [0, 0.05) is 6.54 Å². The molecule has 1 saturated carbocycles. The molecular weight excluding hydrogens is 398 g/mol. The minimum atomic E-state index is -0.293. The molecule has 4 heteroatoms. The van der Waals surface area contributed by atoms with E-state index in [4.69, 9.17) is 9.47 Å². The van der Waals surface area contributed by atoms with Gasteiger partial charge in [-0.15, -0.1) is 0 Å². The first-order valence-electron chi connectivity index (χ1n) is 12.3. The molecule has 2 aliphatic rings. The number of hydrogen-bond acceptors (Lipinski definition) is 4. The Bertz CT molecular complexity index is 933. The predicted octanol–water partition coefficient (Wildman–Crippen LogP) is 6.35. The zero-order valence-corrected chi connectivity index (χ0v) is 20.3. The van der Waals surface area contributed by atoms with Crippen LogP contribution in [0.25, 0.3) is 10.8 Å². The molecule has 0 aromatic heterocycles. The number of likely N-dealkylation sites (tertiary alicyclic amines) is 1. The maximum absolute atomic E-state index is 12.3. The second-order valence-electron chi connectivity index (χ2n) is 10.7. The van der Waals surface area contributed by atoms with Crippen LogP contribution in [0.2, 0.25) is 0 Å². The van der Waals surface area contributed by atoms with E-state index in [1.54, 1.807) is 0 Å². The van der Waals surface area contributed by atoms with Crippen LogP contribution in [0, 0.1) is 10.8 Å². The molecule has 1 saturated heterocycles. The van der Waals surface area contributed by atoms with Gasteiger partial charge in [0.15, 0.2) is 0 Å². The number of hydrogen-bond donors (Lipinski definition) is 0. The van der Waals surface area contributed by atoms with Crippen molar-refractivity contribution in [1.82, 2.24) is 4.90 Å². The Kier molecular flexibility index (Phi) is 6.80. The van der Waals surface area contributed by atoms with E-state index in [1.165, 1.54) is 36.3 Å². The number of carbonyl (C=O) groups excluding carboxylic acids is 1. The van der Waals surface area contributed by atoms with Crippen molar-refractivity contribution >= 4 is 16.7 Å². The monoisotopic (exact) mass is 437 g/mol. The fourth-order valence-electron chi connectivity index (χ4n) is 5.44. The maximum Gasteiger partial charge on any atom is 0.311 e. The highest BCUT2D eigenvalue weighted by Gasteiger charge is 2.40. The third-order valence-corrected chi connectivity index (χ3v) is 7.98. The normalized spacial score (nSPS) is 21.4. The van der Waals surface area contributed by atoms with Crippen LogP contribution in [0.4, 0.5) is 0 Å². The van der Waals surface area contributed by atoms with Crippen LogP contribution in [-0.2, 0) is 16.1 Å². The lowest BCUT2D eigenvalue weighted by Gasteiger charge is -2.39. The van der Waals surface area contributed by atoms with Gasteiger partial charge in [0.1, 0.15) is 5.75 Å². The molecule has 174 valence electrons. The lowest BCUT2D eigenvalue weighted by molar-refractivity contribution is -0.156. The molecule has 0 N–H and O–H groups in total. The number of fused-ring (bicyclic) bond motifs is 1. The number of methoxy groups -OCH3 is 1. The third-order valence-electron chi connectivity index (χ3n) is 7.98. The van der Waals surface area contributed by atoms with Crippen LogP contribution >= 0.6 is 0 Å². The summed E-state index contributed by atoms with van der Waals surface area (Å²) in [7, 11) is 1.51. The van der Waals surface area contributed by atoms with E-state index in [9.17, 15) is 4.79 Å². The van der Waals surface area contributed by atoms with E-state index < -0.39 is 0 Å². The maximum atomic E-state index is 12.3. The SMILES string of the molecule is CCC1(C(=O)OC)CCN(Cc2ccc3cc(OC4CCC(C)(C)CC4)ccc3c2)CC1. The zero-order valence-electron chi connectivity index (χ0n) is 20.3. The van der Waals surface area contributed by atoms with Gasteiger partial charge >= 0.3 is 5.97 Å². The molecule has 0 spiro atoms. The molecule has 0 atom stereocenters. The van der Waals surface area contributed by atoms with Gasteiger partial charge in [-0.2, -0.15) is 0 Å². The average molecular weight is 438 g/mol. The highest BCUT2D eigenvalue weighted by atomic mass is 16.5. The molecule has 4 nitrogen and oxygen atoms in total. The summed E-state index contributed by atoms with van der Waals surface area (Å²) >= 11 is 0. The number of nitrogens with zero attached hydrogens (tertiary/aromatic N) is 1. The van der Waals surface area contributed by atoms with E-state index >= 15 is 0 Å². The van der Waals surface area contributed by atoms with E-state index in [0.29, 0.717) is 11.5 Å². The van der Waals surface area contributed by atoms with Crippen molar-refractivity contribution < 1.29 is 14.3 Å². The van der Waals surface area contributed by atoms with Crippen LogP contribution < -0.4 is 4.74 Å². The Hall–Kier alpha value is -2.07. The Balaban J connectivity index is 1.36. The number of esters is 1. The molecule has 1 aliphatic carbocycles. The first kappa shape index (κ1) is 23.1. The predicted molar refractivity (Wildman–Crippen MR) is 130 cm³/mol. The molecule has 0 unspecified atom stereocenters. The van der Waals surface area contributed by atoms with Crippen molar-refractivity contribution in [3.63, 3.8) is 0 Å². The first-order valence-corrected chi connectivity index (χ1v) is 12.3. The summed E-state index contributed by atoms with van der Waals surface area (Å²) in [4.78, 5) is 14.7. The van der Waals surface area contributed by atoms with Gasteiger partial charge < -0.3 is 9.47 Å². The van der Waals surface area contributed by atoms with Gasteiger partial charge in [-0.25, -0.2) is 0 Å². The third kappa shape index (κ3) is 5.11. The molecule has 0 bridgehead atoms. The molecule has 2 aromatic rings. The topological polar surface area (TPSA) is 38.8 Å². The van der Waals surface area contributed by atoms with Crippen LogP contribution in [-0.4, -0.2) is 37.2 Å². The first-order chi connectivity index (χ1) is 15.3. The van der Waals surface area contributed by atoms with E-state index in [-0.39, 0.29) is 11.4 Å². The van der Waals surface area contributed by atoms with Gasteiger partial charge in [0.05, 0.1) is 18.6 Å². The zero-order chi connectivity index (χ0) is 22.8. The number of benzene rings is 2.